The lowest BCUT2D eigenvalue weighted by Gasteiger charge is -2.23. The first-order valence-electron chi connectivity index (χ1n) is 3.88. The van der Waals surface area contributed by atoms with Crippen molar-refractivity contribution in [3.8, 4) is 6.07 Å². The summed E-state index contributed by atoms with van der Waals surface area (Å²) in [7, 11) is 0. The van der Waals surface area contributed by atoms with Gasteiger partial charge in [0.2, 0.25) is 0 Å². The summed E-state index contributed by atoms with van der Waals surface area (Å²) >= 11 is 1.02. The Labute approximate surface area is 83.1 Å². The number of nitrogens with two attached hydrogens (primary N) is 1. The summed E-state index contributed by atoms with van der Waals surface area (Å²) < 4.78 is 16.7. The highest BCUT2D eigenvalue weighted by atomic mass is 32.7. The summed E-state index contributed by atoms with van der Waals surface area (Å²) in [6.07, 6.45) is 0.333. The van der Waals surface area contributed by atoms with Crippen LogP contribution < -0.4 is 5.50 Å². The average Bonchev–Trinajstić information content (AvgIpc) is 1.81. The van der Waals surface area contributed by atoms with Gasteiger partial charge in [0.05, 0.1) is 11.7 Å². The predicted octanol–water partition coefficient (Wildman–Crippen LogP) is 2.52. The van der Waals surface area contributed by atoms with Crippen LogP contribution in [0, 0.1) is 11.3 Å². The lowest BCUT2D eigenvalue weighted by molar-refractivity contribution is 0.141. The molecule has 0 spiro atoms. The quantitative estimate of drug-likeness (QED) is 0.584. The van der Waals surface area contributed by atoms with E-state index in [0.29, 0.717) is 12.2 Å². The van der Waals surface area contributed by atoms with E-state index in [4.69, 9.17) is 15.3 Å². The van der Waals surface area contributed by atoms with Gasteiger partial charge in [-0.3, -0.25) is 10.1 Å². The molecular weight excluding hydrogens is 207 g/mol. The molecule has 4 nitrogen and oxygen atoms in total. The summed E-state index contributed by atoms with van der Waals surface area (Å²) in [5, 5.41) is 8.26. The van der Waals surface area contributed by atoms with E-state index < -0.39 is 12.3 Å². The molecule has 0 aromatic carbocycles. The van der Waals surface area contributed by atoms with Gasteiger partial charge in [0, 0.05) is 12.2 Å². The molecule has 0 aliphatic heterocycles. The Balaban J connectivity index is 3.96. The largest absolute Gasteiger partial charge is 0.324 e. The minimum absolute atomic E-state index is 0.333. The fourth-order valence-electron chi connectivity index (χ4n) is 0.627. The molecule has 76 valence electrons. The Kier molecular flexibility index (Phi) is 5.01. The van der Waals surface area contributed by atoms with Crippen LogP contribution >= 0.6 is 18.1 Å². The van der Waals surface area contributed by atoms with Crippen molar-refractivity contribution in [3.05, 3.63) is 0 Å². The van der Waals surface area contributed by atoms with Crippen LogP contribution in [0.5, 0.6) is 0 Å². The number of hydrogen-bond acceptors (Lipinski definition) is 4. The topological polar surface area (TPSA) is 76.1 Å². The van der Waals surface area contributed by atoms with Gasteiger partial charge in [-0.1, -0.05) is 11.4 Å². The molecular formula is C7H15N2O2PS. The second kappa shape index (κ2) is 5.02. The standard InChI is InChI=1S/C7H15N2O2PS/c1-7(2,3)11-12(9,10)13-6-4-5-8/h4,6H2,1-3H3,(H2,9,10). The molecule has 0 aliphatic carbocycles. The molecule has 0 saturated carbocycles. The SMILES string of the molecule is CC(C)(C)OP(N)(=O)SCCC#N. The third kappa shape index (κ3) is 8.32. The van der Waals surface area contributed by atoms with E-state index in [9.17, 15) is 4.57 Å². The molecule has 13 heavy (non-hydrogen) atoms. The Morgan fingerprint density at radius 2 is 2.15 bits per heavy atom. The van der Waals surface area contributed by atoms with Gasteiger partial charge >= 0.3 is 6.72 Å². The van der Waals surface area contributed by atoms with E-state index in [0.717, 1.165) is 11.4 Å². The highest BCUT2D eigenvalue weighted by Crippen LogP contribution is 2.54. The van der Waals surface area contributed by atoms with Crippen LogP contribution in [-0.4, -0.2) is 11.4 Å². The van der Waals surface area contributed by atoms with Gasteiger partial charge in [0.25, 0.3) is 0 Å². The number of hydrogen-bond donors (Lipinski definition) is 1. The van der Waals surface area contributed by atoms with Gasteiger partial charge in [0.1, 0.15) is 0 Å². The first-order chi connectivity index (χ1) is 5.77. The lowest BCUT2D eigenvalue weighted by Crippen LogP contribution is -2.18. The predicted molar refractivity (Wildman–Crippen MR) is 55.3 cm³/mol. The molecule has 0 heterocycles. The maximum atomic E-state index is 11.5. The van der Waals surface area contributed by atoms with E-state index in [1.807, 2.05) is 6.07 Å². The first-order valence-corrected chi connectivity index (χ1v) is 7.16. The van der Waals surface area contributed by atoms with Crippen molar-refractivity contribution in [2.75, 3.05) is 5.75 Å². The average molecular weight is 222 g/mol. The van der Waals surface area contributed by atoms with Crippen molar-refractivity contribution in [3.63, 3.8) is 0 Å². The summed E-state index contributed by atoms with van der Waals surface area (Å²) in [4.78, 5) is 0. The van der Waals surface area contributed by atoms with E-state index in [1.54, 1.807) is 20.8 Å². The third-order valence-corrected chi connectivity index (χ3v) is 4.29. The molecule has 0 bridgehead atoms. The highest BCUT2D eigenvalue weighted by molar-refractivity contribution is 8.55. The minimum atomic E-state index is -3.08. The molecule has 0 saturated heterocycles. The molecule has 0 rings (SSSR count). The van der Waals surface area contributed by atoms with Crippen LogP contribution in [0.25, 0.3) is 0 Å². The maximum Gasteiger partial charge on any atom is 0.324 e. The third-order valence-electron chi connectivity index (χ3n) is 0.886. The van der Waals surface area contributed by atoms with Crippen molar-refractivity contribution in [1.82, 2.24) is 0 Å². The van der Waals surface area contributed by atoms with Crippen molar-refractivity contribution in [2.24, 2.45) is 5.50 Å². The Morgan fingerprint density at radius 1 is 1.62 bits per heavy atom. The molecule has 1 unspecified atom stereocenters. The summed E-state index contributed by atoms with van der Waals surface area (Å²) in [6.45, 7) is 2.29. The Morgan fingerprint density at radius 3 is 2.54 bits per heavy atom. The molecule has 0 radical (unpaired) electrons. The van der Waals surface area contributed by atoms with Crippen LogP contribution in [0.3, 0.4) is 0 Å². The summed E-state index contributed by atoms with van der Waals surface area (Å²) in [6, 6.07) is 1.95. The molecule has 0 fully saturated rings. The Bertz CT molecular complexity index is 244. The molecule has 0 amide bonds. The minimum Gasteiger partial charge on any atom is -0.304 e. The highest BCUT2D eigenvalue weighted by Gasteiger charge is 2.25. The van der Waals surface area contributed by atoms with E-state index in [-0.39, 0.29) is 0 Å². The van der Waals surface area contributed by atoms with Gasteiger partial charge in [0.15, 0.2) is 0 Å². The fraction of sp³-hybridized carbons (Fsp3) is 0.857. The van der Waals surface area contributed by atoms with Crippen molar-refractivity contribution >= 4 is 18.1 Å². The smallest absolute Gasteiger partial charge is 0.304 e. The zero-order valence-electron chi connectivity index (χ0n) is 8.11. The van der Waals surface area contributed by atoms with Gasteiger partial charge in [-0.15, -0.1) is 0 Å². The zero-order chi connectivity index (χ0) is 10.5. The lowest BCUT2D eigenvalue weighted by atomic mass is 10.2. The number of nitrogens with zero attached hydrogens (tertiary/aromatic N) is 1. The summed E-state index contributed by atoms with van der Waals surface area (Å²) in [5.41, 5.74) is 4.92. The Hall–Kier alpha value is -0.01000. The van der Waals surface area contributed by atoms with Crippen molar-refractivity contribution in [1.29, 1.82) is 5.26 Å². The van der Waals surface area contributed by atoms with E-state index in [1.165, 1.54) is 0 Å². The van der Waals surface area contributed by atoms with Crippen LogP contribution in [0.15, 0.2) is 0 Å². The fourth-order valence-corrected chi connectivity index (χ4v) is 3.75. The number of nitriles is 1. The molecule has 0 aromatic heterocycles. The van der Waals surface area contributed by atoms with Gasteiger partial charge in [-0.2, -0.15) is 5.26 Å². The summed E-state index contributed by atoms with van der Waals surface area (Å²) in [5.74, 6) is 0.445. The normalized spacial score (nSPS) is 16.2. The van der Waals surface area contributed by atoms with Crippen molar-refractivity contribution < 1.29 is 9.09 Å². The number of rotatable bonds is 4. The van der Waals surface area contributed by atoms with Gasteiger partial charge < -0.3 is 4.52 Å². The monoisotopic (exact) mass is 222 g/mol. The van der Waals surface area contributed by atoms with E-state index in [2.05, 4.69) is 0 Å². The zero-order valence-corrected chi connectivity index (χ0v) is 9.82. The second-order valence-electron chi connectivity index (χ2n) is 3.48. The molecule has 0 aromatic rings. The van der Waals surface area contributed by atoms with Crippen LogP contribution in [0.2, 0.25) is 0 Å². The molecule has 6 heteroatoms. The van der Waals surface area contributed by atoms with Gasteiger partial charge in [-0.25, -0.2) is 0 Å². The van der Waals surface area contributed by atoms with Crippen LogP contribution in [0.4, 0.5) is 0 Å². The molecule has 1 atom stereocenters. The van der Waals surface area contributed by atoms with Crippen LogP contribution in [0.1, 0.15) is 27.2 Å². The second-order valence-corrected chi connectivity index (χ2v) is 7.72. The molecule has 0 aliphatic rings. The first kappa shape index (κ1) is 13.0. The van der Waals surface area contributed by atoms with Crippen LogP contribution in [-0.2, 0) is 9.09 Å². The van der Waals surface area contributed by atoms with Crippen molar-refractivity contribution in [2.45, 2.75) is 32.8 Å². The molecule has 2 N–H and O–H groups in total. The van der Waals surface area contributed by atoms with E-state index >= 15 is 0 Å². The maximum absolute atomic E-state index is 11.5. The van der Waals surface area contributed by atoms with Gasteiger partial charge in [-0.05, 0) is 20.8 Å².